The Kier molecular flexibility index (Phi) is 4.69. The molecule has 2 aliphatic heterocycles. The summed E-state index contributed by atoms with van der Waals surface area (Å²) in [4.78, 5) is 21.3. The minimum absolute atomic E-state index is 0.118. The molecule has 8 heteroatoms. The summed E-state index contributed by atoms with van der Waals surface area (Å²) in [5.74, 6) is 0.961. The number of amides is 1. The molecule has 0 bridgehead atoms. The maximum absolute atomic E-state index is 12.2. The number of rotatable bonds is 2. The summed E-state index contributed by atoms with van der Waals surface area (Å²) in [6.45, 7) is 6.67. The molecule has 0 radical (unpaired) electrons. The molecule has 6 rings (SSSR count). The molecule has 0 saturated carbocycles. The van der Waals surface area contributed by atoms with Crippen LogP contribution in [0.25, 0.3) is 32.9 Å². The lowest BCUT2D eigenvalue weighted by Crippen LogP contribution is -2.58. The fourth-order valence-electron chi connectivity index (χ4n) is 5.19. The third kappa shape index (κ3) is 3.14. The van der Waals surface area contributed by atoms with E-state index < -0.39 is 0 Å². The maximum Gasteiger partial charge on any atom is 0.222 e. The topological polar surface area (TPSA) is 74.4 Å². The van der Waals surface area contributed by atoms with Gasteiger partial charge in [-0.15, -0.1) is 0 Å². The number of nitrogens with one attached hydrogen (secondary N) is 1. The zero-order chi connectivity index (χ0) is 22.7. The highest BCUT2D eigenvalue weighted by molar-refractivity contribution is 6.35. The highest BCUT2D eigenvalue weighted by Gasteiger charge is 2.35. The second-order valence-electron chi connectivity index (χ2n) is 8.75. The minimum Gasteiger partial charge on any atom is -0.488 e. The van der Waals surface area contributed by atoms with Crippen LogP contribution in [0.3, 0.4) is 0 Å². The Bertz CT molecular complexity index is 1420. The van der Waals surface area contributed by atoms with E-state index in [-0.39, 0.29) is 11.9 Å². The van der Waals surface area contributed by atoms with E-state index in [9.17, 15) is 4.79 Å². The number of aryl methyl sites for hydroxylation is 1. The van der Waals surface area contributed by atoms with Gasteiger partial charge in [0.15, 0.2) is 5.75 Å². The van der Waals surface area contributed by atoms with Gasteiger partial charge in [0.2, 0.25) is 5.91 Å². The molecule has 4 aromatic rings. The first-order valence-corrected chi connectivity index (χ1v) is 11.7. The molecule has 0 unspecified atom stereocenters. The van der Waals surface area contributed by atoms with Crippen LogP contribution in [0, 0.1) is 6.92 Å². The summed E-state index contributed by atoms with van der Waals surface area (Å²) < 4.78 is 6.09. The number of hydrogen-bond donors (Lipinski definition) is 1. The Labute approximate surface area is 196 Å². The number of benzene rings is 2. The number of ether oxygens (including phenoxy) is 1. The Balaban J connectivity index is 1.48. The van der Waals surface area contributed by atoms with Crippen LogP contribution in [0.4, 0.5) is 5.69 Å². The van der Waals surface area contributed by atoms with Crippen molar-refractivity contribution in [2.75, 3.05) is 31.1 Å². The first-order chi connectivity index (χ1) is 16.0. The van der Waals surface area contributed by atoms with Crippen LogP contribution in [0.1, 0.15) is 18.9 Å². The Morgan fingerprint density at radius 1 is 1.24 bits per heavy atom. The maximum atomic E-state index is 12.2. The predicted molar refractivity (Wildman–Crippen MR) is 130 cm³/mol. The average molecular weight is 462 g/mol. The lowest BCUT2D eigenvalue weighted by Gasteiger charge is -2.45. The summed E-state index contributed by atoms with van der Waals surface area (Å²) in [7, 11) is 0. The number of fused-ring (bicyclic) bond motifs is 6. The van der Waals surface area contributed by atoms with E-state index in [0.717, 1.165) is 56.5 Å². The van der Waals surface area contributed by atoms with Gasteiger partial charge in [0.05, 0.1) is 29.0 Å². The minimum atomic E-state index is 0.118. The molecular weight excluding hydrogens is 438 g/mol. The van der Waals surface area contributed by atoms with Gasteiger partial charge in [-0.25, -0.2) is 0 Å². The number of piperazine rings is 1. The van der Waals surface area contributed by atoms with Gasteiger partial charge in [0, 0.05) is 53.6 Å². The fraction of sp³-hybridized carbons (Fsp3) is 0.320. The number of anilines is 1. The second kappa shape index (κ2) is 7.63. The molecule has 0 aliphatic carbocycles. The summed E-state index contributed by atoms with van der Waals surface area (Å²) in [6.07, 6.45) is 4.24. The van der Waals surface area contributed by atoms with E-state index in [0.29, 0.717) is 31.1 Å². The van der Waals surface area contributed by atoms with Gasteiger partial charge >= 0.3 is 0 Å². The molecule has 4 heterocycles. The zero-order valence-corrected chi connectivity index (χ0v) is 19.3. The van der Waals surface area contributed by atoms with Crippen LogP contribution >= 0.6 is 11.6 Å². The van der Waals surface area contributed by atoms with Crippen molar-refractivity contribution in [2.24, 2.45) is 0 Å². The van der Waals surface area contributed by atoms with Crippen LogP contribution in [-0.2, 0) is 4.79 Å². The number of aromatic nitrogens is 3. The molecule has 2 aliphatic rings. The number of halogens is 1. The van der Waals surface area contributed by atoms with Gasteiger partial charge in [-0.3, -0.25) is 14.9 Å². The van der Waals surface area contributed by atoms with Crippen molar-refractivity contribution in [3.8, 4) is 16.9 Å². The van der Waals surface area contributed by atoms with Crippen LogP contribution in [-0.4, -0.2) is 58.3 Å². The molecule has 1 amide bonds. The van der Waals surface area contributed by atoms with E-state index in [1.54, 1.807) is 6.20 Å². The third-order valence-electron chi connectivity index (χ3n) is 6.85. The van der Waals surface area contributed by atoms with Crippen molar-refractivity contribution in [3.05, 3.63) is 47.2 Å². The van der Waals surface area contributed by atoms with Gasteiger partial charge in [0.1, 0.15) is 6.61 Å². The predicted octanol–water partition coefficient (Wildman–Crippen LogP) is 4.56. The highest BCUT2D eigenvalue weighted by atomic mass is 35.5. The number of nitrogens with zero attached hydrogens (tertiary/aromatic N) is 4. The lowest BCUT2D eigenvalue weighted by molar-refractivity contribution is -0.131. The molecule has 1 N–H and O–H groups in total. The SMILES string of the molecule is CCC(=O)N1CCN2c3c(cnc4cc(-c5c(C)ccc6n[nH]cc56)c(Cl)cc34)OC[C@H]2C1. The number of hydrogen-bond acceptors (Lipinski definition) is 5. The van der Waals surface area contributed by atoms with E-state index in [4.69, 9.17) is 21.3 Å². The van der Waals surface area contributed by atoms with Crippen molar-refractivity contribution >= 4 is 45.0 Å². The second-order valence-corrected chi connectivity index (χ2v) is 9.15. The smallest absolute Gasteiger partial charge is 0.222 e. The molecule has 1 atom stereocenters. The number of carbonyl (C=O) groups is 1. The number of H-pyrrole nitrogens is 1. The van der Waals surface area contributed by atoms with Crippen LogP contribution in [0.2, 0.25) is 5.02 Å². The quantitative estimate of drug-likeness (QED) is 0.473. The van der Waals surface area contributed by atoms with E-state index in [2.05, 4.69) is 34.2 Å². The van der Waals surface area contributed by atoms with Gasteiger partial charge in [-0.05, 0) is 36.2 Å². The van der Waals surface area contributed by atoms with E-state index >= 15 is 0 Å². The Hall–Kier alpha value is -3.32. The van der Waals surface area contributed by atoms with Crippen molar-refractivity contribution in [3.63, 3.8) is 0 Å². The van der Waals surface area contributed by atoms with E-state index in [1.807, 2.05) is 30.2 Å². The largest absolute Gasteiger partial charge is 0.488 e. The number of pyridine rings is 1. The average Bonchev–Trinajstić information content (AvgIpc) is 3.31. The number of carbonyl (C=O) groups excluding carboxylic acids is 1. The van der Waals surface area contributed by atoms with Gasteiger partial charge in [0.25, 0.3) is 0 Å². The monoisotopic (exact) mass is 461 g/mol. The van der Waals surface area contributed by atoms with Gasteiger partial charge in [-0.1, -0.05) is 24.6 Å². The molecule has 1 saturated heterocycles. The van der Waals surface area contributed by atoms with Crippen LogP contribution in [0.15, 0.2) is 36.7 Å². The van der Waals surface area contributed by atoms with Gasteiger partial charge in [-0.2, -0.15) is 5.10 Å². The zero-order valence-electron chi connectivity index (χ0n) is 18.6. The normalized spacial score (nSPS) is 17.7. The van der Waals surface area contributed by atoms with Crippen molar-refractivity contribution in [1.29, 1.82) is 0 Å². The molecule has 2 aromatic heterocycles. The van der Waals surface area contributed by atoms with Crippen LogP contribution < -0.4 is 9.64 Å². The van der Waals surface area contributed by atoms with E-state index in [1.165, 1.54) is 0 Å². The molecular formula is C25H24ClN5O2. The summed E-state index contributed by atoms with van der Waals surface area (Å²) >= 11 is 6.91. The Morgan fingerprint density at radius 2 is 2.12 bits per heavy atom. The molecule has 7 nitrogen and oxygen atoms in total. The molecule has 0 spiro atoms. The van der Waals surface area contributed by atoms with Crippen LogP contribution in [0.5, 0.6) is 5.75 Å². The summed E-state index contributed by atoms with van der Waals surface area (Å²) in [5, 5.41) is 9.96. The molecule has 168 valence electrons. The third-order valence-corrected chi connectivity index (χ3v) is 7.16. The standard InChI is InChI=1S/C25H24ClN5O2/c1-3-23(32)30-6-7-31-15(12-30)13-33-22-11-27-21-9-16(19(26)8-17(21)25(22)31)24-14(2)4-5-20-18(24)10-28-29-20/h4-5,8-11,15H,3,6-7,12-13H2,1-2H3,(H,28,29)/t15-/m1/s1. The highest BCUT2D eigenvalue weighted by Crippen LogP contribution is 2.44. The Morgan fingerprint density at radius 3 is 2.97 bits per heavy atom. The van der Waals surface area contributed by atoms with Crippen molar-refractivity contribution in [2.45, 2.75) is 26.3 Å². The lowest BCUT2D eigenvalue weighted by atomic mass is 9.95. The van der Waals surface area contributed by atoms with Crippen molar-refractivity contribution in [1.82, 2.24) is 20.1 Å². The van der Waals surface area contributed by atoms with Crippen molar-refractivity contribution < 1.29 is 9.53 Å². The summed E-state index contributed by atoms with van der Waals surface area (Å²) in [6, 6.07) is 8.26. The molecule has 1 fully saturated rings. The van der Waals surface area contributed by atoms with Gasteiger partial charge < -0.3 is 14.5 Å². The molecule has 2 aromatic carbocycles. The first kappa shape index (κ1) is 20.3. The summed E-state index contributed by atoms with van der Waals surface area (Å²) in [5.41, 5.74) is 5.92. The first-order valence-electron chi connectivity index (χ1n) is 11.3. The fourth-order valence-corrected chi connectivity index (χ4v) is 5.45. The number of aromatic amines is 1. The molecule has 33 heavy (non-hydrogen) atoms.